The molecule has 5 nitrogen and oxygen atoms in total. The van der Waals surface area contributed by atoms with Crippen LogP contribution in [0.5, 0.6) is 0 Å². The highest BCUT2D eigenvalue weighted by Gasteiger charge is 2.36. The Bertz CT molecular complexity index is 473. The van der Waals surface area contributed by atoms with Gasteiger partial charge in [-0.05, 0) is 5.56 Å². The molecule has 1 aromatic rings. The third kappa shape index (κ3) is 2.93. The van der Waals surface area contributed by atoms with Gasteiger partial charge in [-0.15, -0.1) is 0 Å². The SMILES string of the molecule is COCC(C)C1C(N)=NC(=O)N1Cc1ccccc1. The van der Waals surface area contributed by atoms with Crippen LogP contribution >= 0.6 is 0 Å². The van der Waals surface area contributed by atoms with E-state index in [9.17, 15) is 4.79 Å². The largest absolute Gasteiger partial charge is 0.385 e. The molecule has 0 saturated carbocycles. The smallest absolute Gasteiger partial charge is 0.346 e. The fourth-order valence-electron chi connectivity index (χ4n) is 2.42. The molecule has 0 radical (unpaired) electrons. The Kier molecular flexibility index (Phi) is 4.16. The number of ether oxygens (including phenoxy) is 1. The quantitative estimate of drug-likeness (QED) is 0.876. The Balaban J connectivity index is 2.15. The second-order valence-electron chi connectivity index (χ2n) is 4.81. The summed E-state index contributed by atoms with van der Waals surface area (Å²) in [7, 11) is 1.64. The lowest BCUT2D eigenvalue weighted by Gasteiger charge is -2.28. The highest BCUT2D eigenvalue weighted by Crippen LogP contribution is 2.21. The van der Waals surface area contributed by atoms with Crippen molar-refractivity contribution in [2.75, 3.05) is 13.7 Å². The summed E-state index contributed by atoms with van der Waals surface area (Å²) in [4.78, 5) is 17.5. The molecule has 0 bridgehead atoms. The molecule has 102 valence electrons. The predicted molar refractivity (Wildman–Crippen MR) is 73.8 cm³/mol. The van der Waals surface area contributed by atoms with Crippen molar-refractivity contribution in [3.8, 4) is 0 Å². The van der Waals surface area contributed by atoms with Gasteiger partial charge in [0.05, 0.1) is 12.6 Å². The summed E-state index contributed by atoms with van der Waals surface area (Å²) >= 11 is 0. The van der Waals surface area contributed by atoms with Gasteiger partial charge >= 0.3 is 6.03 Å². The van der Waals surface area contributed by atoms with E-state index in [1.54, 1.807) is 12.0 Å². The maximum atomic E-state index is 11.9. The summed E-state index contributed by atoms with van der Waals surface area (Å²) in [6.07, 6.45) is 0. The number of nitrogens with zero attached hydrogens (tertiary/aromatic N) is 2. The molecule has 0 aliphatic carbocycles. The summed E-state index contributed by atoms with van der Waals surface area (Å²) < 4.78 is 5.15. The Hall–Kier alpha value is -1.88. The van der Waals surface area contributed by atoms with Gasteiger partial charge in [0.1, 0.15) is 5.84 Å². The van der Waals surface area contributed by atoms with Crippen LogP contribution in [0.2, 0.25) is 0 Å². The zero-order chi connectivity index (χ0) is 13.8. The average molecular weight is 261 g/mol. The molecule has 2 atom stereocenters. The number of rotatable bonds is 5. The van der Waals surface area contributed by atoms with Crippen LogP contribution in [0.4, 0.5) is 4.79 Å². The number of methoxy groups -OCH3 is 1. The van der Waals surface area contributed by atoms with Gasteiger partial charge < -0.3 is 15.4 Å². The molecule has 1 aliphatic heterocycles. The Labute approximate surface area is 113 Å². The molecule has 0 fully saturated rings. The fourth-order valence-corrected chi connectivity index (χ4v) is 2.42. The Morgan fingerprint density at radius 1 is 1.42 bits per heavy atom. The third-order valence-electron chi connectivity index (χ3n) is 3.27. The summed E-state index contributed by atoms with van der Waals surface area (Å²) in [5.74, 6) is 0.495. The van der Waals surface area contributed by atoms with Crippen LogP contribution in [0.3, 0.4) is 0 Å². The number of urea groups is 1. The van der Waals surface area contributed by atoms with Crippen LogP contribution in [0.1, 0.15) is 12.5 Å². The molecular formula is C14H19N3O2. The normalized spacial score (nSPS) is 20.5. The fraction of sp³-hybridized carbons (Fsp3) is 0.429. The maximum Gasteiger partial charge on any atom is 0.346 e. The molecule has 2 N–H and O–H groups in total. The van der Waals surface area contributed by atoms with Crippen LogP contribution in [-0.2, 0) is 11.3 Å². The lowest BCUT2D eigenvalue weighted by Crippen LogP contribution is -2.45. The minimum absolute atomic E-state index is 0.115. The topological polar surface area (TPSA) is 67.9 Å². The zero-order valence-corrected chi connectivity index (χ0v) is 11.2. The molecular weight excluding hydrogens is 242 g/mol. The summed E-state index contributed by atoms with van der Waals surface area (Å²) in [6.45, 7) is 3.06. The molecule has 19 heavy (non-hydrogen) atoms. The van der Waals surface area contributed by atoms with Gasteiger partial charge in [-0.25, -0.2) is 4.79 Å². The second-order valence-corrected chi connectivity index (χ2v) is 4.81. The molecule has 0 aromatic heterocycles. The van der Waals surface area contributed by atoms with Crippen molar-refractivity contribution < 1.29 is 9.53 Å². The number of aliphatic imine (C=N–C) groups is 1. The second kappa shape index (κ2) is 5.84. The number of carbonyl (C=O) groups excluding carboxylic acids is 1. The van der Waals surface area contributed by atoms with Crippen molar-refractivity contribution in [2.45, 2.75) is 19.5 Å². The Morgan fingerprint density at radius 3 is 2.74 bits per heavy atom. The lowest BCUT2D eigenvalue weighted by atomic mass is 10.0. The van der Waals surface area contributed by atoms with Crippen LogP contribution in [0.15, 0.2) is 35.3 Å². The molecule has 5 heteroatoms. The van der Waals surface area contributed by atoms with Crippen molar-refractivity contribution >= 4 is 11.9 Å². The van der Waals surface area contributed by atoms with Gasteiger partial charge in [-0.1, -0.05) is 37.3 Å². The first kappa shape index (κ1) is 13.5. The van der Waals surface area contributed by atoms with Gasteiger partial charge in [0.25, 0.3) is 0 Å². The number of carbonyl (C=O) groups is 1. The molecule has 1 aliphatic rings. The monoisotopic (exact) mass is 261 g/mol. The van der Waals surface area contributed by atoms with Gasteiger partial charge in [-0.3, -0.25) is 0 Å². The highest BCUT2D eigenvalue weighted by molar-refractivity contribution is 6.02. The number of amides is 2. The Morgan fingerprint density at radius 2 is 2.11 bits per heavy atom. The van der Waals surface area contributed by atoms with Crippen molar-refractivity contribution in [2.24, 2.45) is 16.6 Å². The first-order valence-corrected chi connectivity index (χ1v) is 6.31. The first-order valence-electron chi connectivity index (χ1n) is 6.31. The average Bonchev–Trinajstić information content (AvgIpc) is 2.66. The summed E-state index contributed by atoms with van der Waals surface area (Å²) in [6, 6.07) is 9.37. The van der Waals surface area contributed by atoms with Crippen molar-refractivity contribution in [3.05, 3.63) is 35.9 Å². The van der Waals surface area contributed by atoms with Gasteiger partial charge in [0.2, 0.25) is 0 Å². The van der Waals surface area contributed by atoms with Crippen molar-refractivity contribution in [1.82, 2.24) is 4.90 Å². The molecule has 2 rings (SSSR count). The van der Waals surface area contributed by atoms with Crippen molar-refractivity contribution in [1.29, 1.82) is 0 Å². The zero-order valence-electron chi connectivity index (χ0n) is 11.2. The van der Waals surface area contributed by atoms with Crippen LogP contribution in [-0.4, -0.2) is 36.5 Å². The van der Waals surface area contributed by atoms with Gasteiger partial charge in [0.15, 0.2) is 0 Å². The summed E-state index contributed by atoms with van der Waals surface area (Å²) in [5, 5.41) is 0. The number of hydrogen-bond donors (Lipinski definition) is 1. The minimum atomic E-state index is -0.269. The molecule has 0 saturated heterocycles. The van der Waals surface area contributed by atoms with Crippen molar-refractivity contribution in [3.63, 3.8) is 0 Å². The van der Waals surface area contributed by atoms with Gasteiger partial charge in [-0.2, -0.15) is 4.99 Å². The number of nitrogens with two attached hydrogens (primary N) is 1. The van der Waals surface area contributed by atoms with E-state index < -0.39 is 0 Å². The van der Waals surface area contributed by atoms with E-state index in [0.717, 1.165) is 5.56 Å². The van der Waals surface area contributed by atoms with Gasteiger partial charge in [0, 0.05) is 19.6 Å². The number of amidine groups is 1. The maximum absolute atomic E-state index is 11.9. The molecule has 2 amide bonds. The highest BCUT2D eigenvalue weighted by atomic mass is 16.5. The van der Waals surface area contributed by atoms with E-state index in [2.05, 4.69) is 4.99 Å². The van der Waals surface area contributed by atoms with E-state index >= 15 is 0 Å². The standard InChI is InChI=1S/C14H19N3O2/c1-10(9-19-2)12-13(15)16-14(18)17(12)8-11-6-4-3-5-7-11/h3-7,10,12H,8-9H2,1-2H3,(H2,15,16,18). The van der Waals surface area contributed by atoms with E-state index in [-0.39, 0.29) is 18.0 Å². The van der Waals surface area contributed by atoms with E-state index in [1.807, 2.05) is 37.3 Å². The number of hydrogen-bond acceptors (Lipinski definition) is 3. The van der Waals surface area contributed by atoms with Crippen LogP contribution in [0, 0.1) is 5.92 Å². The lowest BCUT2D eigenvalue weighted by molar-refractivity contribution is 0.122. The molecule has 1 aromatic carbocycles. The molecule has 0 spiro atoms. The van der Waals surface area contributed by atoms with E-state index in [4.69, 9.17) is 10.5 Å². The summed E-state index contributed by atoms with van der Waals surface area (Å²) in [5.41, 5.74) is 6.94. The molecule has 2 unspecified atom stereocenters. The third-order valence-corrected chi connectivity index (χ3v) is 3.27. The van der Waals surface area contributed by atoms with Crippen LogP contribution < -0.4 is 5.73 Å². The predicted octanol–water partition coefficient (Wildman–Crippen LogP) is 1.63. The number of benzene rings is 1. The van der Waals surface area contributed by atoms with Crippen LogP contribution in [0.25, 0.3) is 0 Å². The minimum Gasteiger partial charge on any atom is -0.385 e. The molecule has 1 heterocycles. The van der Waals surface area contributed by atoms with E-state index in [1.165, 1.54) is 0 Å². The van der Waals surface area contributed by atoms with E-state index in [0.29, 0.717) is 19.0 Å². The first-order chi connectivity index (χ1) is 9.13.